The molecule has 20 heavy (non-hydrogen) atoms. The minimum absolute atomic E-state index is 0.0454. The number of halogens is 3. The third-order valence-corrected chi connectivity index (χ3v) is 4.50. The van der Waals surface area contributed by atoms with Crippen LogP contribution in [0.25, 0.3) is 0 Å². The van der Waals surface area contributed by atoms with Crippen LogP contribution in [0.15, 0.2) is 16.6 Å². The lowest BCUT2D eigenvalue weighted by atomic mass is 9.73. The quantitative estimate of drug-likeness (QED) is 0.844. The molecule has 0 saturated heterocycles. The van der Waals surface area contributed by atoms with E-state index in [1.165, 1.54) is 0 Å². The van der Waals surface area contributed by atoms with Crippen LogP contribution in [0, 0.1) is 17.0 Å². The van der Waals surface area contributed by atoms with Crippen molar-refractivity contribution in [3.8, 4) is 0 Å². The van der Waals surface area contributed by atoms with Crippen LogP contribution in [0.3, 0.4) is 0 Å². The molecule has 1 aliphatic rings. The van der Waals surface area contributed by atoms with Gasteiger partial charge in [0.1, 0.15) is 17.2 Å². The zero-order valence-electron chi connectivity index (χ0n) is 11.6. The highest BCUT2D eigenvalue weighted by Crippen LogP contribution is 2.35. The van der Waals surface area contributed by atoms with Crippen molar-refractivity contribution in [1.29, 1.82) is 0 Å². The predicted molar refractivity (Wildman–Crippen MR) is 77.6 cm³/mol. The zero-order valence-corrected chi connectivity index (χ0v) is 13.2. The Morgan fingerprint density at radius 1 is 1.30 bits per heavy atom. The maximum Gasteiger partial charge on any atom is 0.257 e. The number of nitrogens with one attached hydrogen (secondary N) is 1. The van der Waals surface area contributed by atoms with Crippen LogP contribution in [0.1, 0.15) is 49.9 Å². The fourth-order valence-corrected chi connectivity index (χ4v) is 3.15. The molecule has 1 amide bonds. The van der Waals surface area contributed by atoms with Gasteiger partial charge < -0.3 is 5.32 Å². The van der Waals surface area contributed by atoms with E-state index < -0.39 is 23.1 Å². The molecule has 2 nitrogen and oxygen atoms in total. The summed E-state index contributed by atoms with van der Waals surface area (Å²) in [5.74, 6) is -2.36. The first-order valence-corrected chi connectivity index (χ1v) is 7.56. The first-order chi connectivity index (χ1) is 9.31. The van der Waals surface area contributed by atoms with Crippen molar-refractivity contribution in [3.63, 3.8) is 0 Å². The molecule has 1 aliphatic carbocycles. The smallest absolute Gasteiger partial charge is 0.257 e. The lowest BCUT2D eigenvalue weighted by Gasteiger charge is -2.39. The second-order valence-corrected chi connectivity index (χ2v) is 6.92. The summed E-state index contributed by atoms with van der Waals surface area (Å²) in [6.45, 7) is 4.15. The van der Waals surface area contributed by atoms with Crippen molar-refractivity contribution >= 4 is 21.8 Å². The average molecular weight is 346 g/mol. The van der Waals surface area contributed by atoms with Gasteiger partial charge in [0, 0.05) is 10.5 Å². The second-order valence-electron chi connectivity index (χ2n) is 6.00. The molecule has 1 aromatic rings. The summed E-state index contributed by atoms with van der Waals surface area (Å²) in [5, 5.41) is 2.79. The summed E-state index contributed by atoms with van der Waals surface area (Å²) >= 11 is 3.00. The van der Waals surface area contributed by atoms with Gasteiger partial charge in [-0.1, -0.05) is 42.6 Å². The fourth-order valence-electron chi connectivity index (χ4n) is 2.75. The van der Waals surface area contributed by atoms with E-state index in [1.54, 1.807) is 0 Å². The Morgan fingerprint density at radius 2 is 1.90 bits per heavy atom. The van der Waals surface area contributed by atoms with E-state index in [4.69, 9.17) is 0 Å². The van der Waals surface area contributed by atoms with E-state index in [1.807, 2.05) is 0 Å². The molecular weight excluding hydrogens is 328 g/mol. The molecule has 1 atom stereocenters. The molecule has 5 heteroatoms. The van der Waals surface area contributed by atoms with Crippen molar-refractivity contribution < 1.29 is 13.6 Å². The van der Waals surface area contributed by atoms with E-state index >= 15 is 0 Å². The lowest BCUT2D eigenvalue weighted by molar-refractivity contribution is 0.0845. The van der Waals surface area contributed by atoms with Gasteiger partial charge in [0.2, 0.25) is 0 Å². The van der Waals surface area contributed by atoms with Crippen molar-refractivity contribution in [3.05, 3.63) is 33.8 Å². The van der Waals surface area contributed by atoms with Crippen molar-refractivity contribution in [2.45, 2.75) is 45.6 Å². The second kappa shape index (κ2) is 5.80. The van der Waals surface area contributed by atoms with Crippen LogP contribution >= 0.6 is 15.9 Å². The molecular formula is C15H18BrF2NO. The Kier molecular flexibility index (Phi) is 4.47. The van der Waals surface area contributed by atoms with Crippen LogP contribution in [-0.4, -0.2) is 11.9 Å². The minimum Gasteiger partial charge on any atom is -0.349 e. The number of hydrogen-bond donors (Lipinski definition) is 1. The van der Waals surface area contributed by atoms with Crippen LogP contribution in [0.5, 0.6) is 0 Å². The van der Waals surface area contributed by atoms with Crippen molar-refractivity contribution in [1.82, 2.24) is 5.32 Å². The van der Waals surface area contributed by atoms with Crippen LogP contribution in [-0.2, 0) is 0 Å². The summed E-state index contributed by atoms with van der Waals surface area (Å²) in [6.07, 6.45) is 4.00. The maximum atomic E-state index is 13.8. The van der Waals surface area contributed by atoms with Gasteiger partial charge in [-0.15, -0.1) is 0 Å². The summed E-state index contributed by atoms with van der Waals surface area (Å²) < 4.78 is 27.8. The van der Waals surface area contributed by atoms with E-state index in [-0.39, 0.29) is 15.9 Å². The predicted octanol–water partition coefficient (Wildman–Crippen LogP) is 4.43. The summed E-state index contributed by atoms with van der Waals surface area (Å²) in [6, 6.07) is 2.15. The minimum atomic E-state index is -0.844. The van der Waals surface area contributed by atoms with Gasteiger partial charge >= 0.3 is 0 Å². The Morgan fingerprint density at radius 3 is 2.45 bits per heavy atom. The molecule has 2 rings (SSSR count). The third kappa shape index (κ3) is 3.19. The molecule has 0 spiro atoms. The van der Waals surface area contributed by atoms with Gasteiger partial charge in [-0.05, 0) is 30.4 Å². The average Bonchev–Trinajstić information content (AvgIpc) is 2.30. The van der Waals surface area contributed by atoms with E-state index in [0.29, 0.717) is 0 Å². The summed E-state index contributed by atoms with van der Waals surface area (Å²) in [7, 11) is 0. The van der Waals surface area contributed by atoms with Gasteiger partial charge in [0.15, 0.2) is 0 Å². The first-order valence-electron chi connectivity index (χ1n) is 6.76. The lowest BCUT2D eigenvalue weighted by Crippen LogP contribution is -2.47. The fraction of sp³-hybridized carbons (Fsp3) is 0.533. The Balaban J connectivity index is 2.20. The van der Waals surface area contributed by atoms with Gasteiger partial charge in [-0.2, -0.15) is 0 Å². The number of carbonyl (C=O) groups is 1. The highest BCUT2D eigenvalue weighted by atomic mass is 79.9. The Labute approximate surface area is 126 Å². The first kappa shape index (κ1) is 15.4. The molecule has 0 aliphatic heterocycles. The molecule has 0 aromatic heterocycles. The highest BCUT2D eigenvalue weighted by Gasteiger charge is 2.34. The van der Waals surface area contributed by atoms with Gasteiger partial charge in [0.05, 0.1) is 0 Å². The number of carbonyl (C=O) groups excluding carboxylic acids is 1. The van der Waals surface area contributed by atoms with Crippen LogP contribution in [0.2, 0.25) is 0 Å². The zero-order chi connectivity index (χ0) is 14.9. The molecule has 0 bridgehead atoms. The van der Waals surface area contributed by atoms with Gasteiger partial charge in [-0.25, -0.2) is 8.78 Å². The molecule has 1 unspecified atom stereocenters. The van der Waals surface area contributed by atoms with E-state index in [0.717, 1.165) is 37.8 Å². The number of amides is 1. The van der Waals surface area contributed by atoms with Crippen LogP contribution in [0.4, 0.5) is 8.78 Å². The third-order valence-electron chi connectivity index (χ3n) is 4.05. The monoisotopic (exact) mass is 345 g/mol. The van der Waals surface area contributed by atoms with Crippen LogP contribution < -0.4 is 5.32 Å². The van der Waals surface area contributed by atoms with Crippen molar-refractivity contribution in [2.75, 3.05) is 0 Å². The Hall–Kier alpha value is -0.970. The highest BCUT2D eigenvalue weighted by molar-refractivity contribution is 9.10. The SMILES string of the molecule is CC1(C)CCCCC1NC(=O)c1c(F)cc(Br)cc1F. The Bertz CT molecular complexity index is 508. The summed E-state index contributed by atoms with van der Waals surface area (Å²) in [4.78, 5) is 12.1. The molecule has 1 fully saturated rings. The van der Waals surface area contributed by atoms with E-state index in [2.05, 4.69) is 35.1 Å². The summed E-state index contributed by atoms with van der Waals surface area (Å²) in [5.41, 5.74) is -0.550. The molecule has 1 saturated carbocycles. The molecule has 1 aromatic carbocycles. The molecule has 0 radical (unpaired) electrons. The molecule has 0 heterocycles. The number of rotatable bonds is 2. The standard InChI is InChI=1S/C15H18BrF2NO/c1-15(2)6-4-3-5-12(15)19-14(20)13-10(17)7-9(16)8-11(13)18/h7-8,12H,3-6H2,1-2H3,(H,19,20). The molecule has 110 valence electrons. The van der Waals surface area contributed by atoms with E-state index in [9.17, 15) is 13.6 Å². The largest absolute Gasteiger partial charge is 0.349 e. The van der Waals surface area contributed by atoms with Gasteiger partial charge in [0.25, 0.3) is 5.91 Å². The number of benzene rings is 1. The normalized spacial score (nSPS) is 21.6. The number of hydrogen-bond acceptors (Lipinski definition) is 1. The van der Waals surface area contributed by atoms with Crippen molar-refractivity contribution in [2.24, 2.45) is 5.41 Å². The molecule has 1 N–H and O–H groups in total. The topological polar surface area (TPSA) is 29.1 Å². The maximum absolute atomic E-state index is 13.8. The van der Waals surface area contributed by atoms with Gasteiger partial charge in [-0.3, -0.25) is 4.79 Å².